The van der Waals surface area contributed by atoms with Crippen LogP contribution < -0.4 is 11.1 Å². The van der Waals surface area contributed by atoms with Crippen LogP contribution in [0.4, 0.5) is 5.69 Å². The van der Waals surface area contributed by atoms with Gasteiger partial charge in [0.15, 0.2) is 0 Å². The Morgan fingerprint density at radius 3 is 2.84 bits per heavy atom. The van der Waals surface area contributed by atoms with Crippen molar-refractivity contribution in [2.45, 2.75) is 19.3 Å². The SMILES string of the molecule is COCCC1(CNc2ccc(Cl)cc2C(N)=S)CC1. The molecule has 1 aliphatic carbocycles. The van der Waals surface area contributed by atoms with Crippen molar-refractivity contribution >= 4 is 34.5 Å². The third-order valence-corrected chi connectivity index (χ3v) is 4.15. The fourth-order valence-electron chi connectivity index (χ4n) is 2.17. The average molecular weight is 299 g/mol. The Morgan fingerprint density at radius 1 is 1.53 bits per heavy atom. The van der Waals surface area contributed by atoms with Crippen LogP contribution in [-0.4, -0.2) is 25.2 Å². The fourth-order valence-corrected chi connectivity index (χ4v) is 2.51. The first-order valence-electron chi connectivity index (χ1n) is 6.38. The third kappa shape index (κ3) is 3.81. The lowest BCUT2D eigenvalue weighted by atomic mass is 10.0. The van der Waals surface area contributed by atoms with Gasteiger partial charge in [0.25, 0.3) is 0 Å². The molecular weight excluding hydrogens is 280 g/mol. The highest BCUT2D eigenvalue weighted by molar-refractivity contribution is 7.80. The highest BCUT2D eigenvalue weighted by Crippen LogP contribution is 2.48. The van der Waals surface area contributed by atoms with Gasteiger partial charge < -0.3 is 15.8 Å². The number of hydrogen-bond acceptors (Lipinski definition) is 3. The Morgan fingerprint density at radius 2 is 2.26 bits per heavy atom. The number of benzene rings is 1. The maximum absolute atomic E-state index is 5.97. The molecule has 1 aromatic rings. The van der Waals surface area contributed by atoms with Crippen molar-refractivity contribution in [3.63, 3.8) is 0 Å². The number of nitrogens with two attached hydrogens (primary N) is 1. The van der Waals surface area contributed by atoms with Gasteiger partial charge in [-0.1, -0.05) is 23.8 Å². The number of nitrogens with one attached hydrogen (secondary N) is 1. The van der Waals surface area contributed by atoms with E-state index < -0.39 is 0 Å². The summed E-state index contributed by atoms with van der Waals surface area (Å²) in [5, 5.41) is 4.10. The molecule has 1 aromatic carbocycles. The minimum atomic E-state index is 0.367. The third-order valence-electron chi connectivity index (χ3n) is 3.69. The van der Waals surface area contributed by atoms with Gasteiger partial charge in [0, 0.05) is 36.5 Å². The van der Waals surface area contributed by atoms with Crippen LogP contribution in [0.15, 0.2) is 18.2 Å². The average Bonchev–Trinajstić information content (AvgIpc) is 3.15. The molecule has 0 unspecified atom stereocenters. The Bertz CT molecular complexity index is 475. The Kier molecular flexibility index (Phi) is 4.66. The van der Waals surface area contributed by atoms with Crippen LogP contribution >= 0.6 is 23.8 Å². The minimum Gasteiger partial charge on any atom is -0.389 e. The molecule has 3 nitrogen and oxygen atoms in total. The molecule has 1 aliphatic rings. The minimum absolute atomic E-state index is 0.367. The van der Waals surface area contributed by atoms with Gasteiger partial charge in [-0.15, -0.1) is 0 Å². The molecule has 0 aromatic heterocycles. The maximum Gasteiger partial charge on any atom is 0.106 e. The molecule has 1 saturated carbocycles. The van der Waals surface area contributed by atoms with Gasteiger partial charge in [0.2, 0.25) is 0 Å². The first-order chi connectivity index (χ1) is 9.06. The van der Waals surface area contributed by atoms with E-state index in [0.717, 1.165) is 30.8 Å². The van der Waals surface area contributed by atoms with Gasteiger partial charge >= 0.3 is 0 Å². The van der Waals surface area contributed by atoms with E-state index in [4.69, 9.17) is 34.3 Å². The van der Waals surface area contributed by atoms with Crippen molar-refractivity contribution in [1.29, 1.82) is 0 Å². The first-order valence-corrected chi connectivity index (χ1v) is 7.17. The lowest BCUT2D eigenvalue weighted by Crippen LogP contribution is -2.20. The molecule has 0 heterocycles. The second-order valence-corrected chi connectivity index (χ2v) is 6.03. The molecule has 104 valence electrons. The maximum atomic E-state index is 5.97. The van der Waals surface area contributed by atoms with Gasteiger partial charge in [-0.2, -0.15) is 0 Å². The largest absolute Gasteiger partial charge is 0.389 e. The summed E-state index contributed by atoms with van der Waals surface area (Å²) < 4.78 is 5.16. The van der Waals surface area contributed by atoms with Crippen LogP contribution in [0, 0.1) is 5.41 Å². The molecule has 3 N–H and O–H groups in total. The lowest BCUT2D eigenvalue weighted by Gasteiger charge is -2.18. The molecule has 2 rings (SSSR count). The van der Waals surface area contributed by atoms with Gasteiger partial charge in [0.05, 0.1) is 0 Å². The number of rotatable bonds is 7. The van der Waals surface area contributed by atoms with Crippen molar-refractivity contribution in [1.82, 2.24) is 0 Å². The van der Waals surface area contributed by atoms with E-state index in [1.165, 1.54) is 12.8 Å². The topological polar surface area (TPSA) is 47.3 Å². The van der Waals surface area contributed by atoms with Crippen LogP contribution in [0.5, 0.6) is 0 Å². The molecular formula is C14H19ClN2OS. The molecule has 0 spiro atoms. The molecule has 0 radical (unpaired) electrons. The van der Waals surface area contributed by atoms with E-state index in [-0.39, 0.29) is 0 Å². The molecule has 5 heteroatoms. The van der Waals surface area contributed by atoms with Gasteiger partial charge in [-0.25, -0.2) is 0 Å². The quantitative estimate of drug-likeness (QED) is 0.759. The highest BCUT2D eigenvalue weighted by atomic mass is 35.5. The van der Waals surface area contributed by atoms with Crippen molar-refractivity contribution in [2.75, 3.05) is 25.6 Å². The zero-order chi connectivity index (χ0) is 13.9. The van der Waals surface area contributed by atoms with Gasteiger partial charge in [-0.3, -0.25) is 0 Å². The summed E-state index contributed by atoms with van der Waals surface area (Å²) in [6.07, 6.45) is 3.59. The van der Waals surface area contributed by atoms with Crippen LogP contribution in [0.3, 0.4) is 0 Å². The van der Waals surface area contributed by atoms with Gasteiger partial charge in [-0.05, 0) is 42.9 Å². The molecule has 0 bridgehead atoms. The summed E-state index contributed by atoms with van der Waals surface area (Å²) in [6, 6.07) is 5.59. The number of ether oxygens (including phenoxy) is 1. The number of thiocarbonyl (C=S) groups is 1. The number of methoxy groups -OCH3 is 1. The van der Waals surface area contributed by atoms with Crippen molar-refractivity contribution in [3.05, 3.63) is 28.8 Å². The van der Waals surface area contributed by atoms with E-state index >= 15 is 0 Å². The number of hydrogen-bond donors (Lipinski definition) is 2. The summed E-state index contributed by atoms with van der Waals surface area (Å²) in [4.78, 5) is 0.367. The fraction of sp³-hybridized carbons (Fsp3) is 0.500. The molecule has 0 aliphatic heterocycles. The van der Waals surface area contributed by atoms with E-state index in [1.54, 1.807) is 13.2 Å². The van der Waals surface area contributed by atoms with E-state index in [1.807, 2.05) is 12.1 Å². The van der Waals surface area contributed by atoms with Crippen molar-refractivity contribution in [3.8, 4) is 0 Å². The number of anilines is 1. The van der Waals surface area contributed by atoms with Crippen LogP contribution in [-0.2, 0) is 4.74 Å². The standard InChI is InChI=1S/C14H19ClN2OS/c1-18-7-6-14(4-5-14)9-17-12-3-2-10(15)8-11(12)13(16)19/h2-3,8,17H,4-7,9H2,1H3,(H2,16,19). The van der Waals surface area contributed by atoms with Crippen LogP contribution in [0.25, 0.3) is 0 Å². The van der Waals surface area contributed by atoms with Crippen LogP contribution in [0.2, 0.25) is 5.02 Å². The smallest absolute Gasteiger partial charge is 0.106 e. The summed E-state index contributed by atoms with van der Waals surface area (Å²) in [5.41, 5.74) is 7.88. The normalized spacial score (nSPS) is 16.1. The van der Waals surface area contributed by atoms with E-state index in [2.05, 4.69) is 5.32 Å². The predicted octanol–water partition coefficient (Wildman–Crippen LogP) is 3.20. The zero-order valence-corrected chi connectivity index (χ0v) is 12.6. The Hall–Kier alpha value is -0.840. The Balaban J connectivity index is 2.01. The highest BCUT2D eigenvalue weighted by Gasteiger charge is 2.41. The monoisotopic (exact) mass is 298 g/mol. The summed E-state index contributed by atoms with van der Waals surface area (Å²) in [6.45, 7) is 1.73. The van der Waals surface area contributed by atoms with Crippen LogP contribution in [0.1, 0.15) is 24.8 Å². The predicted molar refractivity (Wildman–Crippen MR) is 84.0 cm³/mol. The molecule has 19 heavy (non-hydrogen) atoms. The molecule has 1 fully saturated rings. The molecule has 0 saturated heterocycles. The summed E-state index contributed by atoms with van der Waals surface area (Å²) in [5.74, 6) is 0. The second-order valence-electron chi connectivity index (χ2n) is 5.15. The lowest BCUT2D eigenvalue weighted by molar-refractivity contribution is 0.175. The van der Waals surface area contributed by atoms with E-state index in [0.29, 0.717) is 15.4 Å². The molecule has 0 atom stereocenters. The van der Waals surface area contributed by atoms with Crippen molar-refractivity contribution < 1.29 is 4.74 Å². The summed E-state index contributed by atoms with van der Waals surface area (Å²) >= 11 is 11.0. The van der Waals surface area contributed by atoms with Gasteiger partial charge in [0.1, 0.15) is 4.99 Å². The second kappa shape index (κ2) is 6.07. The van der Waals surface area contributed by atoms with Crippen molar-refractivity contribution in [2.24, 2.45) is 11.1 Å². The Labute approximate surface area is 124 Å². The number of halogens is 1. The molecule has 0 amide bonds. The van der Waals surface area contributed by atoms with E-state index in [9.17, 15) is 0 Å². The summed E-state index contributed by atoms with van der Waals surface area (Å²) in [7, 11) is 1.74. The zero-order valence-electron chi connectivity index (χ0n) is 11.0. The first kappa shape index (κ1) is 14.6.